The Bertz CT molecular complexity index is 874. The Morgan fingerprint density at radius 2 is 1.71 bits per heavy atom. The van der Waals surface area contributed by atoms with Crippen LogP contribution in [0, 0.1) is 5.92 Å². The van der Waals surface area contributed by atoms with Crippen molar-refractivity contribution < 1.29 is 17.9 Å². The number of sulfonamides is 1. The van der Waals surface area contributed by atoms with Crippen LogP contribution in [-0.4, -0.2) is 38.9 Å². The van der Waals surface area contributed by atoms with Crippen LogP contribution in [0.25, 0.3) is 0 Å². The molecule has 0 radical (unpaired) electrons. The monoisotopic (exact) mass is 402 g/mol. The Morgan fingerprint density at radius 3 is 2.36 bits per heavy atom. The minimum atomic E-state index is -3.61. The van der Waals surface area contributed by atoms with Gasteiger partial charge in [0.15, 0.2) is 6.61 Å². The third-order valence-electron chi connectivity index (χ3n) is 4.94. The van der Waals surface area contributed by atoms with Gasteiger partial charge in [-0.2, -0.15) is 0 Å². The van der Waals surface area contributed by atoms with Gasteiger partial charge in [-0.1, -0.05) is 37.3 Å². The second-order valence-corrected chi connectivity index (χ2v) is 8.90. The highest BCUT2D eigenvalue weighted by Gasteiger charge is 2.20. The van der Waals surface area contributed by atoms with Crippen molar-refractivity contribution in [2.45, 2.75) is 31.2 Å². The van der Waals surface area contributed by atoms with Gasteiger partial charge in [0.05, 0.1) is 4.90 Å². The average Bonchev–Trinajstić information content (AvgIpc) is 2.72. The molecule has 7 heteroatoms. The van der Waals surface area contributed by atoms with Crippen LogP contribution < -0.4 is 9.46 Å². The van der Waals surface area contributed by atoms with Crippen molar-refractivity contribution in [1.82, 2.24) is 9.62 Å². The first kappa shape index (κ1) is 20.4. The smallest absolute Gasteiger partial charge is 0.260 e. The maximum atomic E-state index is 12.4. The number of nitrogens with one attached hydrogen (secondary N) is 1. The molecule has 0 aromatic heterocycles. The molecule has 1 aliphatic rings. The molecule has 2 aromatic carbocycles. The SMILES string of the molecule is CC1CCN(C(=O)COc2ccc(S(=O)(=O)NCc3ccccc3)cc2)CC1. The first-order valence-electron chi connectivity index (χ1n) is 9.48. The molecular formula is C21H26N2O4S. The summed E-state index contributed by atoms with van der Waals surface area (Å²) in [5.41, 5.74) is 0.886. The van der Waals surface area contributed by atoms with Gasteiger partial charge in [0, 0.05) is 19.6 Å². The molecule has 1 saturated heterocycles. The van der Waals surface area contributed by atoms with Crippen LogP contribution in [0.5, 0.6) is 5.75 Å². The van der Waals surface area contributed by atoms with E-state index in [0.29, 0.717) is 11.7 Å². The fourth-order valence-corrected chi connectivity index (χ4v) is 4.08. The van der Waals surface area contributed by atoms with Gasteiger partial charge < -0.3 is 9.64 Å². The molecule has 0 unspecified atom stereocenters. The third kappa shape index (κ3) is 5.56. The zero-order valence-corrected chi connectivity index (χ0v) is 16.8. The van der Waals surface area contributed by atoms with E-state index in [1.54, 1.807) is 12.1 Å². The van der Waals surface area contributed by atoms with Crippen LogP contribution in [0.1, 0.15) is 25.3 Å². The fourth-order valence-electron chi connectivity index (χ4n) is 3.07. The van der Waals surface area contributed by atoms with E-state index in [4.69, 9.17) is 4.74 Å². The number of carbonyl (C=O) groups is 1. The molecule has 6 nitrogen and oxygen atoms in total. The third-order valence-corrected chi connectivity index (χ3v) is 6.36. The zero-order chi connectivity index (χ0) is 20.0. The van der Waals surface area contributed by atoms with Crippen LogP contribution in [0.15, 0.2) is 59.5 Å². The Hall–Kier alpha value is -2.38. The van der Waals surface area contributed by atoms with Gasteiger partial charge in [-0.25, -0.2) is 13.1 Å². The topological polar surface area (TPSA) is 75.7 Å². The number of hydrogen-bond donors (Lipinski definition) is 1. The van der Waals surface area contributed by atoms with Crippen LogP contribution >= 0.6 is 0 Å². The average molecular weight is 403 g/mol. The summed E-state index contributed by atoms with van der Waals surface area (Å²) < 4.78 is 32.9. The number of rotatable bonds is 7. The molecule has 2 aromatic rings. The quantitative estimate of drug-likeness (QED) is 0.773. The van der Waals surface area contributed by atoms with Crippen LogP contribution in [0.4, 0.5) is 0 Å². The fraction of sp³-hybridized carbons (Fsp3) is 0.381. The van der Waals surface area contributed by atoms with E-state index in [1.165, 1.54) is 12.1 Å². The molecule has 1 amide bonds. The molecule has 0 bridgehead atoms. The van der Waals surface area contributed by atoms with Crippen molar-refractivity contribution in [2.24, 2.45) is 5.92 Å². The molecule has 28 heavy (non-hydrogen) atoms. The zero-order valence-electron chi connectivity index (χ0n) is 16.0. The lowest BCUT2D eigenvalue weighted by Gasteiger charge is -2.30. The van der Waals surface area contributed by atoms with Crippen molar-refractivity contribution in [3.05, 3.63) is 60.2 Å². The molecule has 0 atom stereocenters. The molecule has 1 fully saturated rings. The van der Waals surface area contributed by atoms with Gasteiger partial charge in [-0.15, -0.1) is 0 Å². The summed E-state index contributed by atoms with van der Waals surface area (Å²) in [7, 11) is -3.61. The number of likely N-dealkylation sites (tertiary alicyclic amines) is 1. The molecule has 150 valence electrons. The van der Waals surface area contributed by atoms with Crippen molar-refractivity contribution in [1.29, 1.82) is 0 Å². The van der Waals surface area contributed by atoms with Crippen molar-refractivity contribution >= 4 is 15.9 Å². The molecule has 1 aliphatic heterocycles. The number of ether oxygens (including phenoxy) is 1. The summed E-state index contributed by atoms with van der Waals surface area (Å²) >= 11 is 0. The predicted octanol–water partition coefficient (Wildman–Crippen LogP) is 2.80. The Labute approximate surface area is 166 Å². The van der Waals surface area contributed by atoms with Gasteiger partial charge in [0.25, 0.3) is 5.91 Å². The van der Waals surface area contributed by atoms with Crippen LogP contribution in [0.3, 0.4) is 0 Å². The second kappa shape index (κ2) is 9.21. The second-order valence-electron chi connectivity index (χ2n) is 7.13. The van der Waals surface area contributed by atoms with Crippen molar-refractivity contribution in [2.75, 3.05) is 19.7 Å². The lowest BCUT2D eigenvalue weighted by Crippen LogP contribution is -2.40. The van der Waals surface area contributed by atoms with E-state index in [0.717, 1.165) is 31.5 Å². The van der Waals surface area contributed by atoms with E-state index in [1.807, 2.05) is 35.2 Å². The number of piperidine rings is 1. The van der Waals surface area contributed by atoms with Gasteiger partial charge in [-0.05, 0) is 48.6 Å². The predicted molar refractivity (Wildman–Crippen MR) is 107 cm³/mol. The maximum Gasteiger partial charge on any atom is 0.260 e. The van der Waals surface area contributed by atoms with Crippen molar-refractivity contribution in [3.63, 3.8) is 0 Å². The number of benzene rings is 2. The summed E-state index contributed by atoms with van der Waals surface area (Å²) in [6.45, 7) is 3.93. The number of hydrogen-bond acceptors (Lipinski definition) is 4. The van der Waals surface area contributed by atoms with E-state index in [2.05, 4.69) is 11.6 Å². The molecule has 0 saturated carbocycles. The summed E-state index contributed by atoms with van der Waals surface area (Å²) in [4.78, 5) is 14.2. The molecule has 3 rings (SSSR count). The first-order valence-corrected chi connectivity index (χ1v) is 11.0. The lowest BCUT2D eigenvalue weighted by atomic mass is 9.99. The molecular weight excluding hydrogens is 376 g/mol. The van der Waals surface area contributed by atoms with E-state index >= 15 is 0 Å². The highest BCUT2D eigenvalue weighted by molar-refractivity contribution is 7.89. The molecule has 1 N–H and O–H groups in total. The Morgan fingerprint density at radius 1 is 1.07 bits per heavy atom. The van der Waals surface area contributed by atoms with E-state index in [9.17, 15) is 13.2 Å². The normalized spacial score (nSPS) is 15.4. The standard InChI is InChI=1S/C21H26N2O4S/c1-17-11-13-23(14-12-17)21(24)16-27-19-7-9-20(10-8-19)28(25,26)22-15-18-5-3-2-4-6-18/h2-10,17,22H,11-16H2,1H3. The van der Waals surface area contributed by atoms with Crippen molar-refractivity contribution in [3.8, 4) is 5.75 Å². The molecule has 1 heterocycles. The highest BCUT2D eigenvalue weighted by atomic mass is 32.2. The minimum absolute atomic E-state index is 0.0341. The largest absolute Gasteiger partial charge is 0.484 e. The lowest BCUT2D eigenvalue weighted by molar-refractivity contribution is -0.134. The molecule has 0 aliphatic carbocycles. The van der Waals surface area contributed by atoms with E-state index < -0.39 is 10.0 Å². The maximum absolute atomic E-state index is 12.4. The minimum Gasteiger partial charge on any atom is -0.484 e. The summed E-state index contributed by atoms with van der Waals surface area (Å²) in [5.74, 6) is 1.10. The number of amides is 1. The van der Waals surface area contributed by atoms with Gasteiger partial charge in [0.1, 0.15) is 5.75 Å². The summed E-state index contributed by atoms with van der Waals surface area (Å²) in [6.07, 6.45) is 2.04. The van der Waals surface area contributed by atoms with Gasteiger partial charge >= 0.3 is 0 Å². The van der Waals surface area contributed by atoms with E-state index in [-0.39, 0.29) is 24.0 Å². The summed E-state index contributed by atoms with van der Waals surface area (Å²) in [6, 6.07) is 15.4. The first-order chi connectivity index (χ1) is 13.4. The number of nitrogens with zero attached hydrogens (tertiary/aromatic N) is 1. The van der Waals surface area contributed by atoms with Crippen LogP contribution in [0.2, 0.25) is 0 Å². The van der Waals surface area contributed by atoms with Gasteiger partial charge in [0.2, 0.25) is 10.0 Å². The highest BCUT2D eigenvalue weighted by Crippen LogP contribution is 2.18. The Kier molecular flexibility index (Phi) is 6.70. The van der Waals surface area contributed by atoms with Crippen LogP contribution in [-0.2, 0) is 21.4 Å². The van der Waals surface area contributed by atoms with Gasteiger partial charge in [-0.3, -0.25) is 4.79 Å². The summed E-state index contributed by atoms with van der Waals surface area (Å²) in [5, 5.41) is 0. The number of carbonyl (C=O) groups excluding carboxylic acids is 1. The molecule has 0 spiro atoms. The Balaban J connectivity index is 1.52.